The molecule has 1 nitrogen and oxygen atoms in total. The Bertz CT molecular complexity index is 675. The normalized spacial score (nSPS) is 26.2. The summed E-state index contributed by atoms with van der Waals surface area (Å²) in [5.74, 6) is 0.861. The van der Waals surface area contributed by atoms with Gasteiger partial charge in [0.25, 0.3) is 0 Å². The van der Waals surface area contributed by atoms with Crippen molar-refractivity contribution in [2.75, 3.05) is 6.54 Å². The number of hydrogen-bond donors (Lipinski definition) is 1. The molecule has 1 heteroatoms. The molecule has 2 fully saturated rings. The number of fused-ring (bicyclic) bond motifs is 1. The number of rotatable bonds is 3. The van der Waals surface area contributed by atoms with Crippen LogP contribution in [0.3, 0.4) is 0 Å². The Kier molecular flexibility index (Phi) is 5.41. The van der Waals surface area contributed by atoms with Gasteiger partial charge in [-0.3, -0.25) is 0 Å². The Morgan fingerprint density at radius 3 is 2.32 bits per heavy atom. The Hall–Kier alpha value is -1.34. The molecule has 2 aliphatic rings. The second-order valence-electron chi connectivity index (χ2n) is 8.44. The second-order valence-corrected chi connectivity index (χ2v) is 8.44. The fourth-order valence-electron chi connectivity index (χ4n) is 5.36. The molecule has 1 saturated heterocycles. The summed E-state index contributed by atoms with van der Waals surface area (Å²) in [7, 11) is 0. The van der Waals surface area contributed by atoms with Crippen molar-refractivity contribution in [2.45, 2.75) is 76.2 Å². The molecule has 1 atom stereocenters. The Balaban J connectivity index is 1.60. The van der Waals surface area contributed by atoms with Crippen molar-refractivity contribution >= 4 is 10.8 Å². The first-order valence-corrected chi connectivity index (χ1v) is 10.6. The maximum absolute atomic E-state index is 4.05. The minimum atomic E-state index is 0.345. The van der Waals surface area contributed by atoms with Gasteiger partial charge in [0.15, 0.2) is 0 Å². The number of hydrogen-bond acceptors (Lipinski definition) is 1. The quantitative estimate of drug-likeness (QED) is 0.698. The summed E-state index contributed by atoms with van der Waals surface area (Å²) in [6.07, 6.45) is 15.4. The zero-order chi connectivity index (χ0) is 17.0. The molecule has 1 heterocycles. The summed E-state index contributed by atoms with van der Waals surface area (Å²) in [6, 6.07) is 15.9. The molecule has 1 N–H and O–H groups in total. The van der Waals surface area contributed by atoms with E-state index in [2.05, 4.69) is 47.8 Å². The van der Waals surface area contributed by atoms with E-state index in [1.807, 2.05) is 0 Å². The van der Waals surface area contributed by atoms with E-state index < -0.39 is 0 Å². The first-order chi connectivity index (χ1) is 12.4. The van der Waals surface area contributed by atoms with Crippen LogP contribution < -0.4 is 5.32 Å². The minimum absolute atomic E-state index is 0.345. The smallest absolute Gasteiger partial charge is 0.0249 e. The fourth-order valence-corrected chi connectivity index (χ4v) is 5.36. The van der Waals surface area contributed by atoms with Gasteiger partial charge in [-0.05, 0) is 60.9 Å². The molecule has 1 saturated carbocycles. The van der Waals surface area contributed by atoms with Crippen LogP contribution in [0.4, 0.5) is 0 Å². The number of piperidine rings is 1. The molecule has 0 spiro atoms. The third-order valence-electron chi connectivity index (χ3n) is 6.75. The van der Waals surface area contributed by atoms with E-state index in [1.54, 1.807) is 0 Å². The Labute approximate surface area is 153 Å². The third-order valence-corrected chi connectivity index (χ3v) is 6.75. The van der Waals surface area contributed by atoms with Crippen molar-refractivity contribution in [1.82, 2.24) is 5.32 Å². The van der Waals surface area contributed by atoms with Crippen LogP contribution in [0.5, 0.6) is 0 Å². The van der Waals surface area contributed by atoms with Gasteiger partial charge in [0.1, 0.15) is 0 Å². The van der Waals surface area contributed by atoms with Crippen LogP contribution in [0.25, 0.3) is 10.8 Å². The molecule has 25 heavy (non-hydrogen) atoms. The van der Waals surface area contributed by atoms with E-state index in [1.165, 1.54) is 93.5 Å². The first-order valence-electron chi connectivity index (χ1n) is 10.6. The van der Waals surface area contributed by atoms with Gasteiger partial charge in [-0.1, -0.05) is 81.0 Å². The van der Waals surface area contributed by atoms with Gasteiger partial charge in [-0.15, -0.1) is 0 Å². The molecular weight excluding hydrogens is 302 g/mol. The van der Waals surface area contributed by atoms with Gasteiger partial charge in [0, 0.05) is 5.54 Å². The zero-order valence-electron chi connectivity index (χ0n) is 15.6. The largest absolute Gasteiger partial charge is 0.311 e. The molecule has 0 amide bonds. The maximum atomic E-state index is 4.05. The van der Waals surface area contributed by atoms with E-state index >= 15 is 0 Å². The Morgan fingerprint density at radius 2 is 1.56 bits per heavy atom. The van der Waals surface area contributed by atoms with Crippen molar-refractivity contribution in [3.63, 3.8) is 0 Å². The summed E-state index contributed by atoms with van der Waals surface area (Å²) in [4.78, 5) is 0. The lowest BCUT2D eigenvalue weighted by Gasteiger charge is -2.46. The van der Waals surface area contributed by atoms with Gasteiger partial charge < -0.3 is 5.32 Å². The van der Waals surface area contributed by atoms with Crippen molar-refractivity contribution in [1.29, 1.82) is 0 Å². The van der Waals surface area contributed by atoms with Gasteiger partial charge in [-0.2, -0.15) is 0 Å². The highest BCUT2D eigenvalue weighted by Gasteiger charge is 2.39. The van der Waals surface area contributed by atoms with E-state index in [4.69, 9.17) is 0 Å². The lowest BCUT2D eigenvalue weighted by Crippen LogP contribution is -2.55. The lowest BCUT2D eigenvalue weighted by atomic mass is 9.69. The minimum Gasteiger partial charge on any atom is -0.311 e. The Morgan fingerprint density at radius 1 is 0.800 bits per heavy atom. The summed E-state index contributed by atoms with van der Waals surface area (Å²) < 4.78 is 0. The number of nitrogens with one attached hydrogen (secondary N) is 1. The molecule has 2 aromatic carbocycles. The molecule has 2 aromatic rings. The summed E-state index contributed by atoms with van der Waals surface area (Å²) >= 11 is 0. The van der Waals surface area contributed by atoms with E-state index in [0.717, 1.165) is 5.92 Å². The fraction of sp³-hybridized carbons (Fsp3) is 0.583. The molecule has 0 bridgehead atoms. The highest BCUT2D eigenvalue weighted by Crippen LogP contribution is 2.38. The highest BCUT2D eigenvalue weighted by molar-refractivity contribution is 5.83. The molecule has 1 unspecified atom stereocenters. The molecule has 4 rings (SSSR count). The standard InChI is InChI=1S/C24H33N/c1-2-4-12-23(13-5-3-1)24(16-8-9-17-25-24)19-20-14-15-21-10-6-7-11-22(21)18-20/h6-7,10-11,14-15,18,23,25H,1-5,8-9,12-13,16-17,19H2. The van der Waals surface area contributed by atoms with Crippen LogP contribution in [-0.4, -0.2) is 12.1 Å². The molecule has 0 aromatic heterocycles. The predicted molar refractivity (Wildman–Crippen MR) is 108 cm³/mol. The van der Waals surface area contributed by atoms with Gasteiger partial charge in [0.05, 0.1) is 0 Å². The highest BCUT2D eigenvalue weighted by atomic mass is 15.0. The molecule has 1 aliphatic carbocycles. The lowest BCUT2D eigenvalue weighted by molar-refractivity contribution is 0.133. The SMILES string of the molecule is c1ccc2cc(CC3(C4CCCCCCC4)CCCCN3)ccc2c1. The average Bonchev–Trinajstić information content (AvgIpc) is 2.62. The molecule has 0 radical (unpaired) electrons. The van der Waals surface area contributed by atoms with Crippen LogP contribution in [0, 0.1) is 5.92 Å². The average molecular weight is 336 g/mol. The van der Waals surface area contributed by atoms with Crippen LogP contribution in [0.1, 0.15) is 69.8 Å². The predicted octanol–water partition coefficient (Wildman–Crippen LogP) is 6.26. The summed E-state index contributed by atoms with van der Waals surface area (Å²) in [5, 5.41) is 6.80. The van der Waals surface area contributed by atoms with Crippen LogP contribution in [-0.2, 0) is 6.42 Å². The van der Waals surface area contributed by atoms with Crippen LogP contribution in [0.2, 0.25) is 0 Å². The van der Waals surface area contributed by atoms with E-state index in [9.17, 15) is 0 Å². The molecule has 134 valence electrons. The zero-order valence-corrected chi connectivity index (χ0v) is 15.6. The van der Waals surface area contributed by atoms with Crippen LogP contribution in [0.15, 0.2) is 42.5 Å². The van der Waals surface area contributed by atoms with Gasteiger partial charge in [-0.25, -0.2) is 0 Å². The van der Waals surface area contributed by atoms with Crippen LogP contribution >= 0.6 is 0 Å². The second kappa shape index (κ2) is 7.91. The molecular formula is C24H33N. The van der Waals surface area contributed by atoms with Crippen molar-refractivity contribution in [2.24, 2.45) is 5.92 Å². The van der Waals surface area contributed by atoms with E-state index in [-0.39, 0.29) is 0 Å². The molecule has 1 aliphatic heterocycles. The summed E-state index contributed by atoms with van der Waals surface area (Å²) in [6.45, 7) is 1.21. The third kappa shape index (κ3) is 3.92. The van der Waals surface area contributed by atoms with Crippen molar-refractivity contribution in [3.8, 4) is 0 Å². The van der Waals surface area contributed by atoms with Crippen molar-refractivity contribution in [3.05, 3.63) is 48.0 Å². The van der Waals surface area contributed by atoms with Gasteiger partial charge in [0.2, 0.25) is 0 Å². The topological polar surface area (TPSA) is 12.0 Å². The van der Waals surface area contributed by atoms with E-state index in [0.29, 0.717) is 5.54 Å². The van der Waals surface area contributed by atoms with Crippen molar-refractivity contribution < 1.29 is 0 Å². The first kappa shape index (κ1) is 17.1. The monoisotopic (exact) mass is 335 g/mol. The summed E-state index contributed by atoms with van der Waals surface area (Å²) in [5.41, 5.74) is 1.87. The number of benzene rings is 2. The van der Waals surface area contributed by atoms with Gasteiger partial charge >= 0.3 is 0 Å². The maximum Gasteiger partial charge on any atom is 0.0249 e.